The number of nitrogens with one attached hydrogen (secondary N) is 1. The van der Waals surface area contributed by atoms with E-state index in [-0.39, 0.29) is 17.6 Å². The van der Waals surface area contributed by atoms with Gasteiger partial charge < -0.3 is 10.6 Å². The van der Waals surface area contributed by atoms with Crippen molar-refractivity contribution in [3.05, 3.63) is 65.0 Å². The Balaban J connectivity index is 1.84. The van der Waals surface area contributed by atoms with Crippen molar-refractivity contribution in [2.24, 2.45) is 0 Å². The van der Waals surface area contributed by atoms with Gasteiger partial charge in [0, 0.05) is 10.9 Å². The molecule has 2 aromatic carbocycles. The van der Waals surface area contributed by atoms with Crippen LogP contribution in [0.15, 0.2) is 53.4 Å². The van der Waals surface area contributed by atoms with E-state index in [0.717, 1.165) is 42.7 Å². The van der Waals surface area contributed by atoms with E-state index in [4.69, 9.17) is 0 Å². The lowest BCUT2D eigenvalue weighted by Crippen LogP contribution is -2.38. The van der Waals surface area contributed by atoms with Crippen molar-refractivity contribution in [1.82, 2.24) is 5.32 Å². The molecule has 1 amide bonds. The molecule has 3 nitrogen and oxygen atoms in total. The minimum Gasteiger partial charge on any atom is -0.670 e. The molecule has 1 aliphatic rings. The summed E-state index contributed by atoms with van der Waals surface area (Å²) < 4.78 is 39.2. The van der Waals surface area contributed by atoms with Gasteiger partial charge in [0.1, 0.15) is 0 Å². The van der Waals surface area contributed by atoms with Crippen LogP contribution in [0.4, 0.5) is 18.9 Å². The van der Waals surface area contributed by atoms with E-state index in [2.05, 4.69) is 10.6 Å². The van der Waals surface area contributed by atoms with Crippen LogP contribution in [-0.2, 0) is 11.0 Å². The number of alkyl halides is 3. The van der Waals surface area contributed by atoms with Gasteiger partial charge >= 0.3 is 6.18 Å². The van der Waals surface area contributed by atoms with Crippen molar-refractivity contribution < 1.29 is 18.0 Å². The minimum absolute atomic E-state index is 0.0981. The molecule has 2 aromatic rings. The average Bonchev–Trinajstić information content (AvgIpc) is 2.72. The summed E-state index contributed by atoms with van der Waals surface area (Å²) in [6.45, 7) is 0. The predicted molar refractivity (Wildman–Crippen MR) is 110 cm³/mol. The number of rotatable bonds is 6. The highest BCUT2D eigenvalue weighted by atomic mass is 32.2. The Kier molecular flexibility index (Phi) is 7.11. The summed E-state index contributed by atoms with van der Waals surface area (Å²) in [7, 11) is 0. The molecule has 156 valence electrons. The number of nitrogens with zero attached hydrogens (tertiary/aromatic N) is 1. The Bertz CT molecular complexity index is 818. The second-order valence-electron chi connectivity index (χ2n) is 7.20. The molecule has 1 unspecified atom stereocenters. The molecule has 1 fully saturated rings. The molecule has 7 heteroatoms. The van der Waals surface area contributed by atoms with Crippen molar-refractivity contribution in [2.45, 2.75) is 55.3 Å². The quantitative estimate of drug-likeness (QED) is 0.533. The van der Waals surface area contributed by atoms with Crippen LogP contribution in [0.5, 0.6) is 0 Å². The fourth-order valence-electron chi connectivity index (χ4n) is 3.51. The second-order valence-corrected chi connectivity index (χ2v) is 8.08. The van der Waals surface area contributed by atoms with Gasteiger partial charge in [0.05, 0.1) is 5.56 Å². The Morgan fingerprint density at radius 1 is 1.10 bits per heavy atom. The van der Waals surface area contributed by atoms with Crippen molar-refractivity contribution in [3.63, 3.8) is 0 Å². The number of amides is 1. The van der Waals surface area contributed by atoms with Crippen LogP contribution in [0.3, 0.4) is 0 Å². The van der Waals surface area contributed by atoms with Gasteiger partial charge in [0.2, 0.25) is 5.91 Å². The van der Waals surface area contributed by atoms with Crippen molar-refractivity contribution in [2.75, 3.05) is 6.26 Å². The van der Waals surface area contributed by atoms with E-state index in [1.54, 1.807) is 11.8 Å². The summed E-state index contributed by atoms with van der Waals surface area (Å²) in [5.41, 5.74) is 0.0222. The molecule has 3 rings (SSSR count). The van der Waals surface area contributed by atoms with Crippen LogP contribution >= 0.6 is 11.8 Å². The number of carbonyl (C=O) groups excluding carboxylic acids is 1. The zero-order valence-corrected chi connectivity index (χ0v) is 17.0. The van der Waals surface area contributed by atoms with Crippen LogP contribution < -0.4 is 5.32 Å². The fraction of sp³-hybridized carbons (Fsp3) is 0.409. The van der Waals surface area contributed by atoms with E-state index in [9.17, 15) is 18.0 Å². The maximum atomic E-state index is 13.1. The van der Waals surface area contributed by atoms with Crippen molar-refractivity contribution >= 4 is 23.4 Å². The molecule has 1 saturated carbocycles. The zero-order chi connectivity index (χ0) is 20.9. The summed E-state index contributed by atoms with van der Waals surface area (Å²) in [6.07, 6.45) is 2.66. The molecule has 1 aliphatic carbocycles. The lowest BCUT2D eigenvalue weighted by Gasteiger charge is -2.35. The van der Waals surface area contributed by atoms with Gasteiger partial charge in [-0.05, 0) is 37.3 Å². The smallest absolute Gasteiger partial charge is 0.416 e. The van der Waals surface area contributed by atoms with Gasteiger partial charge in [-0.25, -0.2) is 0 Å². The maximum absolute atomic E-state index is 13.1. The van der Waals surface area contributed by atoms with E-state index < -0.39 is 17.8 Å². The van der Waals surface area contributed by atoms with Crippen molar-refractivity contribution in [1.29, 1.82) is 0 Å². The number of benzene rings is 2. The molecular formula is C22H24F3N2OS-. The number of hydrogen-bond donors (Lipinski definition) is 1. The van der Waals surface area contributed by atoms with Gasteiger partial charge in [0.25, 0.3) is 0 Å². The third-order valence-electron chi connectivity index (χ3n) is 5.08. The Morgan fingerprint density at radius 3 is 2.41 bits per heavy atom. The summed E-state index contributed by atoms with van der Waals surface area (Å²) >= 11 is 1.58. The number of hydrogen-bond acceptors (Lipinski definition) is 2. The highest BCUT2D eigenvalue weighted by Crippen LogP contribution is 2.37. The van der Waals surface area contributed by atoms with Gasteiger partial charge in [0.15, 0.2) is 0 Å². The molecule has 0 heterocycles. The van der Waals surface area contributed by atoms with Crippen molar-refractivity contribution in [3.8, 4) is 0 Å². The highest BCUT2D eigenvalue weighted by molar-refractivity contribution is 7.98. The zero-order valence-electron chi connectivity index (χ0n) is 16.2. The SMILES string of the molecule is CSc1ccc(C([N-]c2cccc(C(F)(F)F)c2)C(=O)NC2CCCCC2)cc1. The first-order chi connectivity index (χ1) is 13.9. The molecule has 29 heavy (non-hydrogen) atoms. The van der Waals surface area contributed by atoms with Crippen LogP contribution in [0.25, 0.3) is 5.32 Å². The first-order valence-corrected chi connectivity index (χ1v) is 10.9. The van der Waals surface area contributed by atoms with Gasteiger partial charge in [-0.3, -0.25) is 4.79 Å². The lowest BCUT2D eigenvalue weighted by atomic mass is 9.95. The molecule has 1 atom stereocenters. The van der Waals surface area contributed by atoms with E-state index >= 15 is 0 Å². The normalized spacial score (nSPS) is 16.3. The second kappa shape index (κ2) is 9.57. The molecule has 0 aliphatic heterocycles. The number of carbonyl (C=O) groups is 1. The van der Waals surface area contributed by atoms with Crippen LogP contribution in [-0.4, -0.2) is 18.2 Å². The fourth-order valence-corrected chi connectivity index (χ4v) is 3.92. The Labute approximate surface area is 173 Å². The molecule has 0 bridgehead atoms. The number of thioether (sulfide) groups is 1. The molecule has 0 saturated heterocycles. The Hall–Kier alpha value is -2.15. The summed E-state index contributed by atoms with van der Waals surface area (Å²) in [6, 6.07) is 11.4. The van der Waals surface area contributed by atoms with Gasteiger partial charge in [-0.2, -0.15) is 13.2 Å². The first kappa shape index (κ1) is 21.6. The number of halogens is 3. The van der Waals surface area contributed by atoms with E-state index in [1.165, 1.54) is 18.6 Å². The topological polar surface area (TPSA) is 43.2 Å². The molecule has 1 N–H and O–H groups in total. The first-order valence-electron chi connectivity index (χ1n) is 9.69. The Morgan fingerprint density at radius 2 is 1.79 bits per heavy atom. The summed E-state index contributed by atoms with van der Waals surface area (Å²) in [4.78, 5) is 14.1. The van der Waals surface area contributed by atoms with E-state index in [0.29, 0.717) is 5.56 Å². The third-order valence-corrected chi connectivity index (χ3v) is 5.83. The molecule has 0 aromatic heterocycles. The largest absolute Gasteiger partial charge is 0.670 e. The summed E-state index contributed by atoms with van der Waals surface area (Å²) in [5.74, 6) is -0.272. The monoisotopic (exact) mass is 421 g/mol. The van der Waals surface area contributed by atoms with Crippen LogP contribution in [0.1, 0.15) is 49.3 Å². The standard InChI is InChI=1S/C22H24F3N2OS/c1-29-19-12-10-15(11-13-19)20(21(28)27-17-7-3-2-4-8-17)26-18-9-5-6-16(14-18)22(23,24)25/h5-6,9-14,17,20H,2-4,7-8H2,1H3,(H,27,28)/q-1. The molecular weight excluding hydrogens is 397 g/mol. The minimum atomic E-state index is -4.45. The highest BCUT2D eigenvalue weighted by Gasteiger charge is 2.30. The predicted octanol–water partition coefficient (Wildman–Crippen LogP) is 6.62. The lowest BCUT2D eigenvalue weighted by molar-refractivity contribution is -0.137. The molecule has 0 spiro atoms. The van der Waals surface area contributed by atoms with Gasteiger partial charge in [-0.15, -0.1) is 17.4 Å². The van der Waals surface area contributed by atoms with E-state index in [1.807, 2.05) is 30.5 Å². The van der Waals surface area contributed by atoms with Gasteiger partial charge in [-0.1, -0.05) is 61.2 Å². The van der Waals surface area contributed by atoms with Crippen LogP contribution in [0, 0.1) is 0 Å². The average molecular weight is 422 g/mol. The third kappa shape index (κ3) is 5.92. The van der Waals surface area contributed by atoms with Crippen LogP contribution in [0.2, 0.25) is 0 Å². The maximum Gasteiger partial charge on any atom is 0.416 e. The summed E-state index contributed by atoms with van der Waals surface area (Å²) in [5, 5.41) is 7.46. The molecule has 0 radical (unpaired) electrons.